The zero-order valence-electron chi connectivity index (χ0n) is 8.27. The topological polar surface area (TPSA) is 43.4 Å². The lowest BCUT2D eigenvalue weighted by Gasteiger charge is -2.14. The van der Waals surface area contributed by atoms with Crippen LogP contribution in [-0.2, 0) is 13.9 Å². The fraction of sp³-hybridized carbons (Fsp3) is 0.300. The zero-order chi connectivity index (χ0) is 10.6. The van der Waals surface area contributed by atoms with Crippen LogP contribution in [0.3, 0.4) is 0 Å². The van der Waals surface area contributed by atoms with E-state index in [4.69, 9.17) is 4.52 Å². The molecule has 0 radical (unpaired) electrons. The monoisotopic (exact) mass is 212 g/mol. The first-order valence-corrected chi connectivity index (χ1v) is 6.05. The molecule has 3 nitrogen and oxygen atoms in total. The van der Waals surface area contributed by atoms with Crippen molar-refractivity contribution in [1.29, 1.82) is 0 Å². The standard InChI is InChI=1S/C10H13O3P/c1-3-13-14(12,9(2)11)10-7-5-4-6-8-10/h4-8H,3H2,1-2H3/t14-/m1/s1. The van der Waals surface area contributed by atoms with Crippen LogP contribution in [0.4, 0.5) is 0 Å². The van der Waals surface area contributed by atoms with E-state index in [1.54, 1.807) is 37.3 Å². The summed E-state index contributed by atoms with van der Waals surface area (Å²) in [5.41, 5.74) is -0.412. The molecule has 1 rings (SSSR count). The Morgan fingerprint density at radius 3 is 2.36 bits per heavy atom. The lowest BCUT2D eigenvalue weighted by molar-refractivity contribution is -0.110. The highest BCUT2D eigenvalue weighted by Gasteiger charge is 2.30. The normalized spacial score (nSPS) is 14.7. The van der Waals surface area contributed by atoms with Gasteiger partial charge >= 0.3 is 0 Å². The predicted molar refractivity (Wildman–Crippen MR) is 56.0 cm³/mol. The zero-order valence-corrected chi connectivity index (χ0v) is 9.16. The second-order valence-electron chi connectivity index (χ2n) is 2.82. The summed E-state index contributed by atoms with van der Waals surface area (Å²) in [4.78, 5) is 11.3. The molecule has 0 saturated carbocycles. The minimum Gasteiger partial charge on any atom is -0.320 e. The summed E-state index contributed by atoms with van der Waals surface area (Å²) in [7, 11) is -3.28. The summed E-state index contributed by atoms with van der Waals surface area (Å²) in [6.07, 6.45) is 0. The van der Waals surface area contributed by atoms with Gasteiger partial charge in [0.05, 0.1) is 6.61 Å². The molecule has 0 amide bonds. The molecule has 0 fully saturated rings. The van der Waals surface area contributed by atoms with Gasteiger partial charge in [-0.2, -0.15) is 0 Å². The van der Waals surface area contributed by atoms with Gasteiger partial charge < -0.3 is 4.52 Å². The highest BCUT2D eigenvalue weighted by Crippen LogP contribution is 2.46. The highest BCUT2D eigenvalue weighted by atomic mass is 31.2. The van der Waals surface area contributed by atoms with Gasteiger partial charge in [-0.25, -0.2) is 0 Å². The molecule has 14 heavy (non-hydrogen) atoms. The Morgan fingerprint density at radius 2 is 1.93 bits per heavy atom. The molecule has 0 unspecified atom stereocenters. The Kier molecular flexibility index (Phi) is 3.62. The van der Waals surface area contributed by atoms with Crippen LogP contribution in [0.25, 0.3) is 0 Å². The number of hydrogen-bond acceptors (Lipinski definition) is 3. The Hall–Kier alpha value is -0.920. The average molecular weight is 212 g/mol. The molecule has 0 heterocycles. The third kappa shape index (κ3) is 2.11. The summed E-state index contributed by atoms with van der Waals surface area (Å²) in [6.45, 7) is 3.29. The molecule has 0 spiro atoms. The molecule has 0 saturated heterocycles. The van der Waals surface area contributed by atoms with Crippen molar-refractivity contribution in [2.24, 2.45) is 0 Å². The van der Waals surface area contributed by atoms with E-state index in [9.17, 15) is 9.36 Å². The second kappa shape index (κ2) is 4.54. The van der Waals surface area contributed by atoms with Gasteiger partial charge in [0.25, 0.3) is 7.37 Å². The lowest BCUT2D eigenvalue weighted by atomic mass is 10.4. The molecular weight excluding hydrogens is 199 g/mol. The fourth-order valence-corrected chi connectivity index (χ4v) is 2.78. The second-order valence-corrected chi connectivity index (χ2v) is 5.33. The molecule has 0 aliphatic carbocycles. The van der Waals surface area contributed by atoms with E-state index >= 15 is 0 Å². The molecule has 0 N–H and O–H groups in total. The molecular formula is C10H13O3P. The minimum absolute atomic E-state index is 0.270. The molecule has 4 heteroatoms. The first-order valence-electron chi connectivity index (χ1n) is 4.42. The average Bonchev–Trinajstić information content (AvgIpc) is 2.19. The van der Waals surface area contributed by atoms with Gasteiger partial charge in [-0.1, -0.05) is 18.2 Å². The third-order valence-electron chi connectivity index (χ3n) is 1.82. The molecule has 1 aromatic carbocycles. The van der Waals surface area contributed by atoms with Gasteiger partial charge in [-0.05, 0) is 19.1 Å². The van der Waals surface area contributed by atoms with Crippen LogP contribution in [0.2, 0.25) is 0 Å². The van der Waals surface area contributed by atoms with Gasteiger partial charge in [-0.15, -0.1) is 0 Å². The van der Waals surface area contributed by atoms with Crippen LogP contribution >= 0.6 is 7.37 Å². The number of benzene rings is 1. The maximum absolute atomic E-state index is 12.1. The summed E-state index contributed by atoms with van der Waals surface area (Å²) < 4.78 is 17.2. The Morgan fingerprint density at radius 1 is 1.36 bits per heavy atom. The van der Waals surface area contributed by atoms with Crippen LogP contribution in [0.15, 0.2) is 30.3 Å². The van der Waals surface area contributed by atoms with Crippen LogP contribution in [0.1, 0.15) is 13.8 Å². The van der Waals surface area contributed by atoms with Gasteiger partial charge in [0.2, 0.25) is 5.52 Å². The van der Waals surface area contributed by atoms with Crippen molar-refractivity contribution in [1.82, 2.24) is 0 Å². The van der Waals surface area contributed by atoms with Crippen molar-refractivity contribution < 1.29 is 13.9 Å². The van der Waals surface area contributed by atoms with Gasteiger partial charge in [0.1, 0.15) is 0 Å². The van der Waals surface area contributed by atoms with Crippen molar-refractivity contribution in [3.8, 4) is 0 Å². The molecule has 76 valence electrons. The van der Waals surface area contributed by atoms with Gasteiger partial charge in [-0.3, -0.25) is 9.36 Å². The van der Waals surface area contributed by atoms with Crippen molar-refractivity contribution in [2.45, 2.75) is 13.8 Å². The van der Waals surface area contributed by atoms with E-state index in [1.165, 1.54) is 6.92 Å². The van der Waals surface area contributed by atoms with Crippen LogP contribution in [0, 0.1) is 0 Å². The van der Waals surface area contributed by atoms with E-state index in [2.05, 4.69) is 0 Å². The molecule has 0 aliphatic heterocycles. The van der Waals surface area contributed by atoms with Crippen molar-refractivity contribution in [3.63, 3.8) is 0 Å². The van der Waals surface area contributed by atoms with Crippen molar-refractivity contribution in [2.75, 3.05) is 6.61 Å². The van der Waals surface area contributed by atoms with Crippen molar-refractivity contribution >= 4 is 18.2 Å². The largest absolute Gasteiger partial charge is 0.320 e. The molecule has 1 atom stereocenters. The molecule has 0 aliphatic rings. The summed E-state index contributed by atoms with van der Waals surface area (Å²) >= 11 is 0. The first-order chi connectivity index (χ1) is 6.61. The van der Waals surface area contributed by atoms with Gasteiger partial charge in [0, 0.05) is 12.2 Å². The molecule has 1 aromatic rings. The first kappa shape index (κ1) is 11.2. The summed E-state index contributed by atoms with van der Waals surface area (Å²) in [5, 5.41) is 0.467. The van der Waals surface area contributed by atoms with Crippen LogP contribution in [-0.4, -0.2) is 12.1 Å². The number of hydrogen-bond donors (Lipinski definition) is 0. The number of rotatable bonds is 4. The summed E-state index contributed by atoms with van der Waals surface area (Å²) in [5.74, 6) is 0. The Bertz CT molecular complexity index is 359. The molecule has 0 bridgehead atoms. The number of carbonyl (C=O) groups is 1. The smallest absolute Gasteiger partial charge is 0.295 e. The Labute approximate surface area is 83.5 Å². The number of carbonyl (C=O) groups excluding carboxylic acids is 1. The lowest BCUT2D eigenvalue weighted by Crippen LogP contribution is -2.12. The third-order valence-corrected chi connectivity index (χ3v) is 4.25. The van der Waals surface area contributed by atoms with E-state index in [0.29, 0.717) is 5.30 Å². The maximum atomic E-state index is 12.1. The molecule has 0 aromatic heterocycles. The van der Waals surface area contributed by atoms with E-state index < -0.39 is 12.9 Å². The quantitative estimate of drug-likeness (QED) is 0.718. The van der Waals surface area contributed by atoms with Gasteiger partial charge in [0.15, 0.2) is 0 Å². The van der Waals surface area contributed by atoms with E-state index in [-0.39, 0.29) is 6.61 Å². The maximum Gasteiger partial charge on any atom is 0.295 e. The van der Waals surface area contributed by atoms with Crippen LogP contribution in [0.5, 0.6) is 0 Å². The van der Waals surface area contributed by atoms with E-state index in [1.807, 2.05) is 0 Å². The minimum atomic E-state index is -3.28. The SMILES string of the molecule is CCO[P@](=O)(C(C)=O)c1ccccc1. The fourth-order valence-electron chi connectivity index (χ4n) is 1.15. The van der Waals surface area contributed by atoms with Crippen molar-refractivity contribution in [3.05, 3.63) is 30.3 Å². The van der Waals surface area contributed by atoms with Crippen LogP contribution < -0.4 is 5.30 Å². The predicted octanol–water partition coefficient (Wildman–Crippen LogP) is 2.17. The summed E-state index contributed by atoms with van der Waals surface area (Å²) in [6, 6.07) is 8.59. The van der Waals surface area contributed by atoms with E-state index in [0.717, 1.165) is 0 Å². The Balaban J connectivity index is 3.13. The highest BCUT2D eigenvalue weighted by molar-refractivity contribution is 7.82.